The van der Waals surface area contributed by atoms with Crippen molar-refractivity contribution < 1.29 is 38.0 Å². The van der Waals surface area contributed by atoms with Gasteiger partial charge < -0.3 is 0 Å². The molecule has 1 fully saturated rings. The molecular formula is C23H25BNO8P. The van der Waals surface area contributed by atoms with Gasteiger partial charge in [-0.05, 0) is 0 Å². The zero-order valence-electron chi connectivity index (χ0n) is 19.0. The summed E-state index contributed by atoms with van der Waals surface area (Å²) in [6, 6.07) is 16.6. The number of ether oxygens (including phenoxy) is 4. The Morgan fingerprint density at radius 1 is 1.00 bits per heavy atom. The molecule has 178 valence electrons. The van der Waals surface area contributed by atoms with Crippen molar-refractivity contribution in [2.45, 2.75) is 51.0 Å². The Labute approximate surface area is 200 Å². The van der Waals surface area contributed by atoms with Crippen LogP contribution in [0.5, 0.6) is 0 Å². The Morgan fingerprint density at radius 2 is 1.56 bits per heavy atom. The van der Waals surface area contributed by atoms with E-state index in [4.69, 9.17) is 23.6 Å². The maximum atomic E-state index is 13.0. The molecule has 1 heterocycles. The van der Waals surface area contributed by atoms with E-state index in [0.29, 0.717) is 0 Å². The van der Waals surface area contributed by atoms with Gasteiger partial charge in [-0.2, -0.15) is 0 Å². The minimum absolute atomic E-state index is 0.265. The van der Waals surface area contributed by atoms with Crippen LogP contribution in [0.4, 0.5) is 0 Å². The summed E-state index contributed by atoms with van der Waals surface area (Å²) in [6.45, 7) is 4.35. The Kier molecular flexibility index (Phi) is 8.53. The van der Waals surface area contributed by atoms with Crippen LogP contribution in [0.15, 0.2) is 65.3 Å². The van der Waals surface area contributed by atoms with E-state index in [2.05, 4.69) is 14.1 Å². The van der Waals surface area contributed by atoms with Crippen molar-refractivity contribution in [2.24, 2.45) is 4.67 Å². The van der Waals surface area contributed by atoms with E-state index < -0.39 is 48.1 Å². The molecule has 1 aliphatic rings. The summed E-state index contributed by atoms with van der Waals surface area (Å²) in [4.78, 5) is 37.8. The van der Waals surface area contributed by atoms with Gasteiger partial charge in [0.25, 0.3) is 0 Å². The van der Waals surface area contributed by atoms with Crippen LogP contribution in [0.25, 0.3) is 0 Å². The molecule has 1 saturated heterocycles. The van der Waals surface area contributed by atoms with Crippen molar-refractivity contribution >= 4 is 34.6 Å². The Morgan fingerprint density at radius 3 is 2.09 bits per heavy atom. The zero-order valence-corrected chi connectivity index (χ0v) is 20.1. The van der Waals surface area contributed by atoms with Gasteiger partial charge in [-0.3, -0.25) is 0 Å². The van der Waals surface area contributed by atoms with E-state index in [1.54, 1.807) is 67.6 Å². The number of hydrogen-bond donors (Lipinski definition) is 0. The van der Waals surface area contributed by atoms with Crippen LogP contribution in [-0.4, -0.2) is 55.4 Å². The second kappa shape index (κ2) is 11.4. The molecule has 0 spiro atoms. The average molecular weight is 485 g/mol. The van der Waals surface area contributed by atoms with Crippen molar-refractivity contribution in [3.63, 3.8) is 0 Å². The first-order valence-electron chi connectivity index (χ1n) is 10.5. The Balaban J connectivity index is 1.99. The molecule has 0 saturated carbocycles. The molecule has 9 nitrogen and oxygen atoms in total. The van der Waals surface area contributed by atoms with Crippen molar-refractivity contribution in [3.8, 4) is 0 Å². The van der Waals surface area contributed by atoms with Crippen molar-refractivity contribution in [2.75, 3.05) is 0 Å². The summed E-state index contributed by atoms with van der Waals surface area (Å²) in [6.07, 6.45) is -4.23. The molecule has 6 atom stereocenters. The number of hydrogen-bond acceptors (Lipinski definition) is 9. The van der Waals surface area contributed by atoms with Crippen molar-refractivity contribution in [1.29, 1.82) is 0 Å². The number of carbonyl (C=O) groups excluding carboxylic acids is 3. The molecule has 0 amide bonds. The van der Waals surface area contributed by atoms with E-state index in [0.717, 1.165) is 0 Å². The normalized spacial score (nSPS) is 24.6. The number of nitrogens with zero attached hydrogens (tertiary/aromatic N) is 1. The Bertz CT molecular complexity index is 1040. The van der Waals surface area contributed by atoms with Crippen LogP contribution < -0.4 is 0 Å². The second-order valence-corrected chi connectivity index (χ2v) is 8.07. The molecule has 0 aromatic heterocycles. The number of carbonyl (C=O) groups is 3. The SMILES string of the molecule is CC(=O)OC1O[C@H]([C@@H](C)OB=NP)[C@@H](OC(=O)c2ccccc2)[C@@]1(C)OC(=O)c1ccccc1. The quantitative estimate of drug-likeness (QED) is 0.243. The van der Waals surface area contributed by atoms with E-state index in [1.165, 1.54) is 21.1 Å². The van der Waals surface area contributed by atoms with E-state index >= 15 is 0 Å². The molecule has 3 rings (SSSR count). The number of benzene rings is 2. The fraction of sp³-hybridized carbons (Fsp3) is 0.348. The molecule has 2 aromatic rings. The maximum absolute atomic E-state index is 13.0. The molecule has 1 aliphatic heterocycles. The van der Waals surface area contributed by atoms with Crippen molar-refractivity contribution in [1.82, 2.24) is 0 Å². The zero-order chi connectivity index (χ0) is 24.7. The molecule has 0 aliphatic carbocycles. The van der Waals surface area contributed by atoms with Gasteiger partial charge in [-0.25, -0.2) is 0 Å². The van der Waals surface area contributed by atoms with E-state index in [-0.39, 0.29) is 11.1 Å². The Hall–Kier alpha value is -3.10. The fourth-order valence-corrected chi connectivity index (χ4v) is 3.62. The standard InChI is InChI=1S/C23H25BNO8P/c1-14(33-24-25-34)18-19(31-20(27)16-10-6-4-7-11-16)23(3,22(30-18)29-15(2)26)32-21(28)17-12-8-5-9-13-17/h4-14,18-19,22H,34H2,1-3H3/t14-,18-,19-,22?,23-/m1/s1. The van der Waals surface area contributed by atoms with Gasteiger partial charge in [0, 0.05) is 0 Å². The van der Waals surface area contributed by atoms with Gasteiger partial charge in [0.1, 0.15) is 0 Å². The van der Waals surface area contributed by atoms with Crippen LogP contribution in [-0.2, 0) is 28.4 Å². The van der Waals surface area contributed by atoms with Gasteiger partial charge in [0.15, 0.2) is 0 Å². The summed E-state index contributed by atoms with van der Waals surface area (Å²) in [7, 11) is 3.31. The first kappa shape index (κ1) is 25.5. The number of esters is 3. The third-order valence-electron chi connectivity index (χ3n) is 5.25. The molecule has 2 unspecified atom stereocenters. The second-order valence-electron chi connectivity index (χ2n) is 7.77. The van der Waals surface area contributed by atoms with Crippen LogP contribution in [0, 0.1) is 0 Å². The van der Waals surface area contributed by atoms with Crippen molar-refractivity contribution in [3.05, 3.63) is 71.8 Å². The van der Waals surface area contributed by atoms with Gasteiger partial charge in [0.2, 0.25) is 0 Å². The summed E-state index contributed by atoms with van der Waals surface area (Å²) >= 11 is 0. The van der Waals surface area contributed by atoms with Crippen LogP contribution in [0.1, 0.15) is 41.5 Å². The summed E-state index contributed by atoms with van der Waals surface area (Å²) in [5.41, 5.74) is -1.14. The molecular weight excluding hydrogens is 460 g/mol. The summed E-state index contributed by atoms with van der Waals surface area (Å²) in [5, 5.41) is 0. The van der Waals surface area contributed by atoms with Crippen LogP contribution in [0.3, 0.4) is 0 Å². The van der Waals surface area contributed by atoms with E-state index in [9.17, 15) is 14.4 Å². The van der Waals surface area contributed by atoms with Gasteiger partial charge in [-0.1, -0.05) is 0 Å². The fourth-order valence-electron chi connectivity index (χ4n) is 3.55. The third-order valence-corrected chi connectivity index (χ3v) is 5.37. The van der Waals surface area contributed by atoms with Crippen LogP contribution in [0.2, 0.25) is 0 Å². The molecule has 0 N–H and O–H groups in total. The third kappa shape index (κ3) is 5.87. The van der Waals surface area contributed by atoms with Gasteiger partial charge >= 0.3 is 200 Å². The molecule has 34 heavy (non-hydrogen) atoms. The van der Waals surface area contributed by atoms with Crippen LogP contribution >= 0.6 is 9.39 Å². The monoisotopic (exact) mass is 485 g/mol. The van der Waals surface area contributed by atoms with Gasteiger partial charge in [0.05, 0.1) is 0 Å². The summed E-state index contributed by atoms with van der Waals surface area (Å²) < 4.78 is 32.1. The molecule has 11 heteroatoms. The predicted molar refractivity (Wildman–Crippen MR) is 125 cm³/mol. The molecule has 0 radical (unpaired) electrons. The predicted octanol–water partition coefficient (Wildman–Crippen LogP) is 3.11. The minimum atomic E-state index is -1.69. The van der Waals surface area contributed by atoms with Gasteiger partial charge in [-0.15, -0.1) is 0 Å². The molecule has 2 aromatic carbocycles. The first-order valence-corrected chi connectivity index (χ1v) is 11.0. The first-order chi connectivity index (χ1) is 16.3. The number of rotatable bonds is 8. The average Bonchev–Trinajstić information content (AvgIpc) is 3.09. The summed E-state index contributed by atoms with van der Waals surface area (Å²) in [5.74, 6) is -2.04. The topological polar surface area (TPSA) is 110 Å². The van der Waals surface area contributed by atoms with E-state index in [1.807, 2.05) is 0 Å². The molecule has 0 bridgehead atoms.